The SMILES string of the molecule is NC(=O)COCCn1c(CCl)nc2cc(Br)c(F)cc21. The van der Waals surface area contributed by atoms with E-state index < -0.39 is 5.91 Å². The lowest BCUT2D eigenvalue weighted by molar-refractivity contribution is -0.122. The Morgan fingerprint density at radius 3 is 2.95 bits per heavy atom. The number of benzene rings is 1. The van der Waals surface area contributed by atoms with Crippen LogP contribution in [0.1, 0.15) is 5.82 Å². The largest absolute Gasteiger partial charge is 0.370 e. The maximum Gasteiger partial charge on any atom is 0.243 e. The Bertz CT molecular complexity index is 647. The van der Waals surface area contributed by atoms with Crippen LogP contribution in [-0.2, 0) is 22.0 Å². The number of nitrogens with zero attached hydrogens (tertiary/aromatic N) is 2. The highest BCUT2D eigenvalue weighted by molar-refractivity contribution is 9.10. The average Bonchev–Trinajstić information content (AvgIpc) is 2.72. The molecule has 2 aromatic rings. The number of imidazole rings is 1. The molecule has 2 N–H and O–H groups in total. The van der Waals surface area contributed by atoms with Crippen LogP contribution in [0.15, 0.2) is 16.6 Å². The molecular formula is C12H12BrClFN3O2. The van der Waals surface area contributed by atoms with Crippen LogP contribution in [0.5, 0.6) is 0 Å². The van der Waals surface area contributed by atoms with Crippen LogP contribution in [-0.4, -0.2) is 28.7 Å². The summed E-state index contributed by atoms with van der Waals surface area (Å²) in [5.74, 6) is -0.100. The minimum absolute atomic E-state index is 0.150. The van der Waals surface area contributed by atoms with E-state index in [9.17, 15) is 9.18 Å². The van der Waals surface area contributed by atoms with Gasteiger partial charge in [0.2, 0.25) is 5.91 Å². The summed E-state index contributed by atoms with van der Waals surface area (Å²) < 4.78 is 20.8. The predicted octanol–water partition coefficient (Wildman–Crippen LogP) is 2.18. The Hall–Kier alpha value is -1.18. The first kappa shape index (κ1) is 15.2. The van der Waals surface area contributed by atoms with Crippen molar-refractivity contribution >= 4 is 44.5 Å². The van der Waals surface area contributed by atoms with Crippen molar-refractivity contribution in [2.45, 2.75) is 12.4 Å². The number of nitrogens with two attached hydrogens (primary N) is 1. The predicted molar refractivity (Wildman–Crippen MR) is 77.0 cm³/mol. The van der Waals surface area contributed by atoms with Crippen LogP contribution < -0.4 is 5.73 Å². The number of hydrogen-bond acceptors (Lipinski definition) is 3. The van der Waals surface area contributed by atoms with E-state index in [1.807, 2.05) is 0 Å². The first-order valence-electron chi connectivity index (χ1n) is 5.79. The highest BCUT2D eigenvalue weighted by atomic mass is 79.9. The number of aromatic nitrogens is 2. The molecule has 0 aliphatic rings. The number of rotatable bonds is 6. The second-order valence-corrected chi connectivity index (χ2v) is 5.21. The van der Waals surface area contributed by atoms with Gasteiger partial charge in [0, 0.05) is 12.6 Å². The number of alkyl halides is 1. The van der Waals surface area contributed by atoms with Crippen molar-refractivity contribution in [2.24, 2.45) is 5.73 Å². The van der Waals surface area contributed by atoms with Crippen LogP contribution in [0.3, 0.4) is 0 Å². The summed E-state index contributed by atoms with van der Waals surface area (Å²) in [4.78, 5) is 14.9. The molecule has 20 heavy (non-hydrogen) atoms. The van der Waals surface area contributed by atoms with Crippen molar-refractivity contribution in [3.63, 3.8) is 0 Å². The van der Waals surface area contributed by atoms with Crippen LogP contribution in [0.25, 0.3) is 11.0 Å². The second-order valence-electron chi connectivity index (χ2n) is 4.09. The van der Waals surface area contributed by atoms with Gasteiger partial charge in [0.25, 0.3) is 0 Å². The standard InChI is InChI=1S/C12H12BrClFN3O2/c13-7-3-9-10(4-8(7)15)18(12(5-14)17-9)1-2-20-6-11(16)19/h3-4H,1-2,5-6H2,(H2,16,19). The summed E-state index contributed by atoms with van der Waals surface area (Å²) in [5, 5.41) is 0. The molecule has 1 aromatic heterocycles. The minimum Gasteiger partial charge on any atom is -0.370 e. The molecule has 0 aliphatic carbocycles. The quantitative estimate of drug-likeness (QED) is 0.631. The van der Waals surface area contributed by atoms with Gasteiger partial charge in [0.15, 0.2) is 0 Å². The molecule has 1 aromatic carbocycles. The van der Waals surface area contributed by atoms with E-state index in [4.69, 9.17) is 22.1 Å². The first-order valence-corrected chi connectivity index (χ1v) is 7.12. The van der Waals surface area contributed by atoms with Gasteiger partial charge in [-0.05, 0) is 22.0 Å². The zero-order chi connectivity index (χ0) is 14.7. The smallest absolute Gasteiger partial charge is 0.243 e. The van der Waals surface area contributed by atoms with Gasteiger partial charge in [-0.1, -0.05) is 0 Å². The monoisotopic (exact) mass is 363 g/mol. The Morgan fingerprint density at radius 2 is 2.30 bits per heavy atom. The number of carbonyl (C=O) groups excluding carboxylic acids is 1. The molecule has 1 amide bonds. The number of carbonyl (C=O) groups is 1. The Kier molecular flexibility index (Phi) is 4.95. The molecular weight excluding hydrogens is 353 g/mol. The van der Waals surface area contributed by atoms with Gasteiger partial charge in [0.05, 0.1) is 28.0 Å². The highest BCUT2D eigenvalue weighted by Crippen LogP contribution is 2.24. The summed E-state index contributed by atoms with van der Waals surface area (Å²) in [6.45, 7) is 0.519. The number of amides is 1. The fraction of sp³-hybridized carbons (Fsp3) is 0.333. The summed E-state index contributed by atoms with van der Waals surface area (Å²) in [7, 11) is 0. The van der Waals surface area contributed by atoms with Gasteiger partial charge in [0.1, 0.15) is 18.2 Å². The molecule has 0 atom stereocenters. The Morgan fingerprint density at radius 1 is 1.55 bits per heavy atom. The van der Waals surface area contributed by atoms with Gasteiger partial charge >= 0.3 is 0 Å². The molecule has 0 fully saturated rings. The van der Waals surface area contributed by atoms with Crippen LogP contribution in [0, 0.1) is 5.82 Å². The van der Waals surface area contributed by atoms with Crippen LogP contribution in [0.2, 0.25) is 0 Å². The van der Waals surface area contributed by atoms with Gasteiger partial charge in [-0.25, -0.2) is 9.37 Å². The molecule has 0 saturated heterocycles. The Labute approximate surface area is 128 Å². The van der Waals surface area contributed by atoms with Crippen molar-refractivity contribution in [3.05, 3.63) is 28.2 Å². The molecule has 1 heterocycles. The van der Waals surface area contributed by atoms with E-state index in [0.29, 0.717) is 27.9 Å². The fourth-order valence-corrected chi connectivity index (χ4v) is 2.39. The van der Waals surface area contributed by atoms with E-state index in [1.54, 1.807) is 10.6 Å². The highest BCUT2D eigenvalue weighted by Gasteiger charge is 2.13. The molecule has 0 radical (unpaired) electrons. The molecule has 0 bridgehead atoms. The Balaban J connectivity index is 2.25. The van der Waals surface area contributed by atoms with E-state index in [1.165, 1.54) is 6.07 Å². The molecule has 2 rings (SSSR count). The third-order valence-corrected chi connectivity index (χ3v) is 3.54. The summed E-state index contributed by atoms with van der Waals surface area (Å²) in [6.07, 6.45) is 0. The maximum absolute atomic E-state index is 13.6. The summed E-state index contributed by atoms with van der Waals surface area (Å²) >= 11 is 8.96. The van der Waals surface area contributed by atoms with E-state index in [-0.39, 0.29) is 24.9 Å². The molecule has 0 unspecified atom stereocenters. The third kappa shape index (κ3) is 3.28. The lowest BCUT2D eigenvalue weighted by Crippen LogP contribution is -2.20. The molecule has 108 valence electrons. The average molecular weight is 365 g/mol. The zero-order valence-electron chi connectivity index (χ0n) is 10.4. The molecule has 5 nitrogen and oxygen atoms in total. The van der Waals surface area contributed by atoms with Crippen molar-refractivity contribution in [1.82, 2.24) is 9.55 Å². The first-order chi connectivity index (χ1) is 9.52. The number of primary amides is 1. The number of fused-ring (bicyclic) bond motifs is 1. The zero-order valence-corrected chi connectivity index (χ0v) is 12.7. The third-order valence-electron chi connectivity index (χ3n) is 2.69. The normalized spacial score (nSPS) is 11.2. The summed E-state index contributed by atoms with van der Waals surface area (Å²) in [5.41, 5.74) is 6.25. The van der Waals surface area contributed by atoms with Crippen molar-refractivity contribution in [2.75, 3.05) is 13.2 Å². The van der Waals surface area contributed by atoms with Crippen LogP contribution in [0.4, 0.5) is 4.39 Å². The second kappa shape index (κ2) is 6.51. The number of ether oxygens (including phenoxy) is 1. The van der Waals surface area contributed by atoms with E-state index >= 15 is 0 Å². The van der Waals surface area contributed by atoms with Gasteiger partial charge < -0.3 is 15.0 Å². The van der Waals surface area contributed by atoms with Crippen molar-refractivity contribution < 1.29 is 13.9 Å². The van der Waals surface area contributed by atoms with Crippen molar-refractivity contribution in [3.8, 4) is 0 Å². The van der Waals surface area contributed by atoms with Gasteiger partial charge in [-0.2, -0.15) is 0 Å². The van der Waals surface area contributed by atoms with Crippen LogP contribution >= 0.6 is 27.5 Å². The van der Waals surface area contributed by atoms with Gasteiger partial charge in [-0.3, -0.25) is 4.79 Å². The number of halogens is 3. The van der Waals surface area contributed by atoms with E-state index in [2.05, 4.69) is 20.9 Å². The topological polar surface area (TPSA) is 70.1 Å². The molecule has 0 aliphatic heterocycles. The van der Waals surface area contributed by atoms with E-state index in [0.717, 1.165) is 0 Å². The van der Waals surface area contributed by atoms with Crippen molar-refractivity contribution in [1.29, 1.82) is 0 Å². The molecule has 0 spiro atoms. The molecule has 0 saturated carbocycles. The lowest BCUT2D eigenvalue weighted by Gasteiger charge is -2.08. The summed E-state index contributed by atoms with van der Waals surface area (Å²) in [6, 6.07) is 2.98. The van der Waals surface area contributed by atoms with Gasteiger partial charge in [-0.15, -0.1) is 11.6 Å². The number of hydrogen-bond donors (Lipinski definition) is 1. The molecule has 8 heteroatoms. The fourth-order valence-electron chi connectivity index (χ4n) is 1.85. The lowest BCUT2D eigenvalue weighted by atomic mass is 10.3. The minimum atomic E-state index is -0.534. The maximum atomic E-state index is 13.6.